The summed E-state index contributed by atoms with van der Waals surface area (Å²) in [7, 11) is 3.45. The molecule has 0 unspecified atom stereocenters. The summed E-state index contributed by atoms with van der Waals surface area (Å²) in [6.45, 7) is 2.02. The number of nitrogens with zero attached hydrogens (tertiary/aromatic N) is 1. The zero-order chi connectivity index (χ0) is 13.7. The number of nitrogens with two attached hydrogens (primary N) is 1. The number of hydrogen-bond acceptors (Lipinski definition) is 4. The van der Waals surface area contributed by atoms with Crippen molar-refractivity contribution in [3.05, 3.63) is 23.8 Å². The molecule has 0 saturated heterocycles. The van der Waals surface area contributed by atoms with Crippen LogP contribution in [0.5, 0.6) is 0 Å². The molecule has 1 aromatic carbocycles. The van der Waals surface area contributed by atoms with Crippen molar-refractivity contribution >= 4 is 23.1 Å². The minimum Gasteiger partial charge on any atom is -0.398 e. The van der Waals surface area contributed by atoms with E-state index in [4.69, 9.17) is 5.73 Å². The van der Waals surface area contributed by atoms with Gasteiger partial charge in [-0.3, -0.25) is 9.59 Å². The van der Waals surface area contributed by atoms with Gasteiger partial charge in [-0.25, -0.2) is 0 Å². The van der Waals surface area contributed by atoms with Crippen LogP contribution < -0.4 is 11.1 Å². The molecular weight excluding hydrogens is 230 g/mol. The van der Waals surface area contributed by atoms with Crippen LogP contribution in [0, 0.1) is 0 Å². The number of carbonyl (C=O) groups is 2. The van der Waals surface area contributed by atoms with Crippen LogP contribution in [0.2, 0.25) is 0 Å². The summed E-state index contributed by atoms with van der Waals surface area (Å²) in [5, 5.41) is 3.10. The molecule has 1 rings (SSSR count). The Balaban J connectivity index is 2.57. The van der Waals surface area contributed by atoms with Gasteiger partial charge in [-0.05, 0) is 25.1 Å². The van der Waals surface area contributed by atoms with Gasteiger partial charge in [-0.1, -0.05) is 0 Å². The van der Waals surface area contributed by atoms with Crippen molar-refractivity contribution < 1.29 is 9.59 Å². The van der Waals surface area contributed by atoms with E-state index in [0.29, 0.717) is 24.2 Å². The van der Waals surface area contributed by atoms with Gasteiger partial charge >= 0.3 is 0 Å². The second-order valence-corrected chi connectivity index (χ2v) is 4.32. The molecule has 1 aromatic rings. The number of amides is 1. The van der Waals surface area contributed by atoms with Crippen LogP contribution >= 0.6 is 0 Å². The van der Waals surface area contributed by atoms with Gasteiger partial charge in [-0.2, -0.15) is 0 Å². The van der Waals surface area contributed by atoms with E-state index in [1.807, 2.05) is 0 Å². The molecule has 3 N–H and O–H groups in total. The van der Waals surface area contributed by atoms with Crippen molar-refractivity contribution in [2.24, 2.45) is 0 Å². The number of nitrogen functional groups attached to an aromatic ring is 1. The molecule has 0 radical (unpaired) electrons. The van der Waals surface area contributed by atoms with Crippen molar-refractivity contribution in [1.82, 2.24) is 4.90 Å². The topological polar surface area (TPSA) is 75.4 Å². The van der Waals surface area contributed by atoms with Crippen molar-refractivity contribution in [3.8, 4) is 0 Å². The first-order valence-electron chi connectivity index (χ1n) is 5.76. The lowest BCUT2D eigenvalue weighted by molar-refractivity contribution is -0.128. The van der Waals surface area contributed by atoms with Crippen LogP contribution in [-0.2, 0) is 4.79 Å². The Morgan fingerprint density at radius 1 is 1.33 bits per heavy atom. The monoisotopic (exact) mass is 249 g/mol. The quantitative estimate of drug-likeness (QED) is 0.610. The molecule has 0 atom stereocenters. The predicted octanol–water partition coefficient (Wildman–Crippen LogP) is 1.36. The summed E-state index contributed by atoms with van der Waals surface area (Å²) in [4.78, 5) is 24.1. The highest BCUT2D eigenvalue weighted by Crippen LogP contribution is 2.18. The summed E-state index contributed by atoms with van der Waals surface area (Å²) in [6, 6.07) is 5.18. The van der Waals surface area contributed by atoms with Gasteiger partial charge in [0.1, 0.15) is 0 Å². The van der Waals surface area contributed by atoms with Crippen LogP contribution in [0.4, 0.5) is 11.4 Å². The molecule has 5 nitrogen and oxygen atoms in total. The lowest BCUT2D eigenvalue weighted by Crippen LogP contribution is -2.23. The maximum atomic E-state index is 11.4. The molecular formula is C13H19N3O2. The first-order chi connectivity index (χ1) is 8.41. The Kier molecular flexibility index (Phi) is 4.71. The number of hydrogen-bond donors (Lipinski definition) is 2. The zero-order valence-corrected chi connectivity index (χ0v) is 11.0. The highest BCUT2D eigenvalue weighted by molar-refractivity contribution is 5.99. The maximum Gasteiger partial charge on any atom is 0.223 e. The smallest absolute Gasteiger partial charge is 0.223 e. The molecule has 0 saturated carbocycles. The van der Waals surface area contributed by atoms with Gasteiger partial charge in [0.25, 0.3) is 0 Å². The summed E-state index contributed by atoms with van der Waals surface area (Å²) in [6.07, 6.45) is 0.418. The van der Waals surface area contributed by atoms with E-state index >= 15 is 0 Å². The highest BCUT2D eigenvalue weighted by atomic mass is 16.2. The number of ketones is 1. The Bertz CT molecular complexity index is 456. The molecule has 1 amide bonds. The van der Waals surface area contributed by atoms with E-state index in [-0.39, 0.29) is 11.7 Å². The van der Waals surface area contributed by atoms with Gasteiger partial charge in [0.15, 0.2) is 5.78 Å². The van der Waals surface area contributed by atoms with E-state index in [1.54, 1.807) is 37.2 Å². The van der Waals surface area contributed by atoms with E-state index in [2.05, 4.69) is 5.32 Å². The minimum absolute atomic E-state index is 0.0539. The number of anilines is 2. The first kappa shape index (κ1) is 14.0. The van der Waals surface area contributed by atoms with Crippen LogP contribution in [0.15, 0.2) is 18.2 Å². The van der Waals surface area contributed by atoms with Gasteiger partial charge < -0.3 is 16.0 Å². The molecule has 0 spiro atoms. The Hall–Kier alpha value is -2.04. The van der Waals surface area contributed by atoms with Crippen LogP contribution in [0.25, 0.3) is 0 Å². The lowest BCUT2D eigenvalue weighted by Gasteiger charge is -2.12. The Labute approximate surface area is 107 Å². The van der Waals surface area contributed by atoms with Crippen molar-refractivity contribution in [2.45, 2.75) is 13.3 Å². The molecule has 0 fully saturated rings. The maximum absolute atomic E-state index is 11.4. The fourth-order valence-electron chi connectivity index (χ4n) is 1.53. The molecule has 98 valence electrons. The van der Waals surface area contributed by atoms with Crippen molar-refractivity contribution in [1.29, 1.82) is 0 Å². The molecule has 0 bridgehead atoms. The van der Waals surface area contributed by atoms with Gasteiger partial charge in [0, 0.05) is 44.0 Å². The number of nitrogens with one attached hydrogen (secondary N) is 1. The van der Waals surface area contributed by atoms with Crippen LogP contribution in [-0.4, -0.2) is 37.2 Å². The third-order valence-electron chi connectivity index (χ3n) is 2.60. The van der Waals surface area contributed by atoms with Gasteiger partial charge in [-0.15, -0.1) is 0 Å². The summed E-state index contributed by atoms with van der Waals surface area (Å²) in [5.74, 6) is 0.0117. The molecule has 5 heteroatoms. The SMILES string of the molecule is CC(=O)c1ccc(NCCC(=O)N(C)C)cc1N. The second kappa shape index (κ2) is 6.05. The number of benzene rings is 1. The number of rotatable bonds is 5. The minimum atomic E-state index is -0.0539. The summed E-state index contributed by atoms with van der Waals surface area (Å²) in [5.41, 5.74) is 7.54. The lowest BCUT2D eigenvalue weighted by atomic mass is 10.1. The Morgan fingerprint density at radius 2 is 2.00 bits per heavy atom. The highest BCUT2D eigenvalue weighted by Gasteiger charge is 2.06. The summed E-state index contributed by atoms with van der Waals surface area (Å²) < 4.78 is 0. The molecule has 18 heavy (non-hydrogen) atoms. The van der Waals surface area contributed by atoms with E-state index in [1.165, 1.54) is 6.92 Å². The average Bonchev–Trinajstić information content (AvgIpc) is 2.28. The van der Waals surface area contributed by atoms with Crippen molar-refractivity contribution in [2.75, 3.05) is 31.7 Å². The van der Waals surface area contributed by atoms with Gasteiger partial charge in [0.05, 0.1) is 0 Å². The molecule has 0 aliphatic carbocycles. The largest absolute Gasteiger partial charge is 0.398 e. The first-order valence-corrected chi connectivity index (χ1v) is 5.76. The standard InChI is InChI=1S/C13H19N3O2/c1-9(17)11-5-4-10(8-12(11)14)15-7-6-13(18)16(2)3/h4-5,8,15H,6-7,14H2,1-3H3. The predicted molar refractivity (Wildman–Crippen MR) is 72.7 cm³/mol. The second-order valence-electron chi connectivity index (χ2n) is 4.32. The number of carbonyl (C=O) groups excluding carboxylic acids is 2. The molecule has 0 aliphatic heterocycles. The molecule has 0 aromatic heterocycles. The zero-order valence-electron chi connectivity index (χ0n) is 11.0. The van der Waals surface area contributed by atoms with Crippen LogP contribution in [0.1, 0.15) is 23.7 Å². The van der Waals surface area contributed by atoms with Crippen molar-refractivity contribution in [3.63, 3.8) is 0 Å². The van der Waals surface area contributed by atoms with E-state index in [0.717, 1.165) is 5.69 Å². The van der Waals surface area contributed by atoms with E-state index < -0.39 is 0 Å². The third-order valence-corrected chi connectivity index (χ3v) is 2.60. The summed E-state index contributed by atoms with van der Waals surface area (Å²) >= 11 is 0. The van der Waals surface area contributed by atoms with Gasteiger partial charge in [0.2, 0.25) is 5.91 Å². The molecule has 0 aliphatic rings. The van der Waals surface area contributed by atoms with E-state index in [9.17, 15) is 9.59 Å². The molecule has 0 heterocycles. The third kappa shape index (κ3) is 3.76. The fraction of sp³-hybridized carbons (Fsp3) is 0.385. The normalized spacial score (nSPS) is 9.94. The Morgan fingerprint density at radius 3 is 2.50 bits per heavy atom. The number of Topliss-reactive ketones (excluding diaryl/α,β-unsaturated/α-hetero) is 1. The average molecular weight is 249 g/mol. The fourth-order valence-corrected chi connectivity index (χ4v) is 1.53. The van der Waals surface area contributed by atoms with Crippen LogP contribution in [0.3, 0.4) is 0 Å².